The first-order valence-corrected chi connectivity index (χ1v) is 9.41. The molecule has 1 N–H and O–H groups in total. The minimum Gasteiger partial charge on any atom is -0.496 e. The van der Waals surface area contributed by atoms with Gasteiger partial charge < -0.3 is 19.5 Å². The van der Waals surface area contributed by atoms with Crippen LogP contribution in [-0.4, -0.2) is 48.3 Å². The lowest BCUT2D eigenvalue weighted by Gasteiger charge is -2.39. The Morgan fingerprint density at radius 1 is 1.25 bits per heavy atom. The van der Waals surface area contributed by atoms with Crippen molar-refractivity contribution in [2.75, 3.05) is 26.8 Å². The van der Waals surface area contributed by atoms with Crippen molar-refractivity contribution in [3.8, 4) is 11.5 Å². The molecular weight excluding hydrogens is 361 g/mol. The van der Waals surface area contributed by atoms with Gasteiger partial charge in [0.25, 0.3) is 0 Å². The zero-order chi connectivity index (χ0) is 20.1. The Hall–Kier alpha value is -2.60. The molecule has 1 heterocycles. The van der Waals surface area contributed by atoms with Gasteiger partial charge in [-0.25, -0.2) is 4.39 Å². The average Bonchev–Trinajstić information content (AvgIpc) is 2.68. The van der Waals surface area contributed by atoms with Crippen LogP contribution in [-0.2, 0) is 11.2 Å². The number of carbonyl (C=O) groups excluding carboxylic acids is 1. The van der Waals surface area contributed by atoms with E-state index in [2.05, 4.69) is 0 Å². The number of methoxy groups -OCH3 is 1. The number of aliphatic hydroxyl groups is 1. The van der Waals surface area contributed by atoms with Crippen molar-refractivity contribution in [2.24, 2.45) is 0 Å². The molecule has 5 nitrogen and oxygen atoms in total. The maximum absolute atomic E-state index is 13.0. The Morgan fingerprint density at radius 2 is 2.00 bits per heavy atom. The molecule has 6 heteroatoms. The number of aryl methyl sites for hydroxylation is 1. The van der Waals surface area contributed by atoms with Crippen molar-refractivity contribution in [3.05, 3.63) is 59.4 Å². The predicted octanol–water partition coefficient (Wildman–Crippen LogP) is 3.12. The maximum Gasteiger partial charge on any atom is 0.227 e. The van der Waals surface area contributed by atoms with Crippen molar-refractivity contribution in [3.63, 3.8) is 0 Å². The monoisotopic (exact) mass is 387 g/mol. The number of hydrogen-bond donors (Lipinski definition) is 1. The van der Waals surface area contributed by atoms with Crippen molar-refractivity contribution in [2.45, 2.75) is 31.8 Å². The number of rotatable bonds is 6. The van der Waals surface area contributed by atoms with Gasteiger partial charge >= 0.3 is 0 Å². The van der Waals surface area contributed by atoms with Crippen LogP contribution in [0.15, 0.2) is 42.5 Å². The number of carbonyl (C=O) groups is 1. The van der Waals surface area contributed by atoms with Crippen LogP contribution in [0.3, 0.4) is 0 Å². The number of hydrogen-bond acceptors (Lipinski definition) is 4. The standard InChI is InChI=1S/C22H26FNO4/c1-16-4-9-20(27-2)17(12-16)13-21(25)24-11-3-10-22(26,14-24)15-28-19-7-5-18(23)6-8-19/h4-9,12,26H,3,10-11,13-15H2,1-2H3. The molecule has 2 aromatic rings. The van der Waals surface area contributed by atoms with Crippen molar-refractivity contribution >= 4 is 5.91 Å². The normalized spacial score (nSPS) is 19.4. The third kappa shape index (κ3) is 5.01. The molecule has 1 fully saturated rings. The van der Waals surface area contributed by atoms with E-state index in [-0.39, 0.29) is 31.3 Å². The Balaban J connectivity index is 1.62. The fourth-order valence-corrected chi connectivity index (χ4v) is 3.51. The molecule has 0 aromatic heterocycles. The summed E-state index contributed by atoms with van der Waals surface area (Å²) in [5, 5.41) is 10.9. The molecule has 1 saturated heterocycles. The van der Waals surface area contributed by atoms with E-state index < -0.39 is 5.60 Å². The zero-order valence-corrected chi connectivity index (χ0v) is 16.3. The Bertz CT molecular complexity index is 824. The van der Waals surface area contributed by atoms with Crippen LogP contribution in [0, 0.1) is 12.7 Å². The summed E-state index contributed by atoms with van der Waals surface area (Å²) in [4.78, 5) is 14.5. The highest BCUT2D eigenvalue weighted by Crippen LogP contribution is 2.25. The smallest absolute Gasteiger partial charge is 0.227 e. The van der Waals surface area contributed by atoms with Gasteiger partial charge in [-0.05, 0) is 50.1 Å². The van der Waals surface area contributed by atoms with E-state index in [4.69, 9.17) is 9.47 Å². The molecule has 28 heavy (non-hydrogen) atoms. The summed E-state index contributed by atoms with van der Waals surface area (Å²) in [7, 11) is 1.59. The molecule has 1 aliphatic heterocycles. The molecule has 0 spiro atoms. The third-order valence-corrected chi connectivity index (χ3v) is 5.01. The molecular formula is C22H26FNO4. The number of nitrogens with zero attached hydrogens (tertiary/aromatic N) is 1. The quantitative estimate of drug-likeness (QED) is 0.827. The van der Waals surface area contributed by atoms with Crippen LogP contribution in [0.25, 0.3) is 0 Å². The Labute approximate surface area is 164 Å². The lowest BCUT2D eigenvalue weighted by molar-refractivity contribution is -0.139. The van der Waals surface area contributed by atoms with Crippen LogP contribution < -0.4 is 9.47 Å². The lowest BCUT2D eigenvalue weighted by atomic mass is 9.93. The molecule has 0 aliphatic carbocycles. The first-order chi connectivity index (χ1) is 13.4. The largest absolute Gasteiger partial charge is 0.496 e. The van der Waals surface area contributed by atoms with Crippen LogP contribution in [0.2, 0.25) is 0 Å². The topological polar surface area (TPSA) is 59.0 Å². The Morgan fingerprint density at radius 3 is 2.71 bits per heavy atom. The van der Waals surface area contributed by atoms with Gasteiger partial charge in [0.1, 0.15) is 29.5 Å². The summed E-state index contributed by atoms with van der Waals surface area (Å²) in [6, 6.07) is 11.4. The highest BCUT2D eigenvalue weighted by Gasteiger charge is 2.36. The fourth-order valence-electron chi connectivity index (χ4n) is 3.51. The summed E-state index contributed by atoms with van der Waals surface area (Å²) < 4.78 is 24.0. The first-order valence-electron chi connectivity index (χ1n) is 9.41. The van der Waals surface area contributed by atoms with Gasteiger partial charge in [-0.15, -0.1) is 0 Å². The minimum atomic E-state index is -1.13. The van der Waals surface area contributed by atoms with Gasteiger partial charge in [0.15, 0.2) is 0 Å². The minimum absolute atomic E-state index is 0.0518. The molecule has 3 rings (SSSR count). The summed E-state index contributed by atoms with van der Waals surface area (Å²) in [6.07, 6.45) is 1.46. The number of likely N-dealkylation sites (tertiary alicyclic amines) is 1. The Kier molecular flexibility index (Phi) is 6.19. The number of amides is 1. The molecule has 1 unspecified atom stereocenters. The van der Waals surface area contributed by atoms with Crippen LogP contribution in [0.5, 0.6) is 11.5 Å². The number of benzene rings is 2. The second-order valence-corrected chi connectivity index (χ2v) is 7.38. The third-order valence-electron chi connectivity index (χ3n) is 5.01. The van der Waals surface area contributed by atoms with E-state index in [0.717, 1.165) is 11.1 Å². The SMILES string of the molecule is COc1ccc(C)cc1CC(=O)N1CCCC(O)(COc2ccc(F)cc2)C1. The number of piperidine rings is 1. The highest BCUT2D eigenvalue weighted by molar-refractivity contribution is 5.79. The van der Waals surface area contributed by atoms with E-state index in [1.54, 1.807) is 12.0 Å². The van der Waals surface area contributed by atoms with Gasteiger partial charge in [-0.2, -0.15) is 0 Å². The summed E-state index contributed by atoms with van der Waals surface area (Å²) in [5.74, 6) is 0.782. The van der Waals surface area contributed by atoms with Crippen molar-refractivity contribution < 1.29 is 23.8 Å². The molecule has 0 saturated carbocycles. The number of β-amino-alcohol motifs (C(OH)–C–C–N with tert-alkyl or cyclic N) is 1. The number of ether oxygens (including phenoxy) is 2. The zero-order valence-electron chi connectivity index (χ0n) is 16.3. The van der Waals surface area contributed by atoms with E-state index in [1.165, 1.54) is 24.3 Å². The van der Waals surface area contributed by atoms with Gasteiger partial charge in [0.2, 0.25) is 5.91 Å². The second kappa shape index (κ2) is 8.61. The predicted molar refractivity (Wildman–Crippen MR) is 104 cm³/mol. The van der Waals surface area contributed by atoms with Crippen LogP contribution in [0.4, 0.5) is 4.39 Å². The summed E-state index contributed by atoms with van der Waals surface area (Å²) in [5.41, 5.74) is 0.773. The average molecular weight is 387 g/mol. The van der Waals surface area contributed by atoms with E-state index in [1.807, 2.05) is 25.1 Å². The second-order valence-electron chi connectivity index (χ2n) is 7.38. The van der Waals surface area contributed by atoms with E-state index in [9.17, 15) is 14.3 Å². The van der Waals surface area contributed by atoms with Crippen LogP contribution in [0.1, 0.15) is 24.0 Å². The van der Waals surface area contributed by atoms with E-state index >= 15 is 0 Å². The lowest BCUT2D eigenvalue weighted by Crippen LogP contribution is -2.53. The van der Waals surface area contributed by atoms with Crippen molar-refractivity contribution in [1.82, 2.24) is 4.90 Å². The van der Waals surface area contributed by atoms with Gasteiger partial charge in [-0.3, -0.25) is 4.79 Å². The maximum atomic E-state index is 13.0. The molecule has 2 aromatic carbocycles. The van der Waals surface area contributed by atoms with Gasteiger partial charge in [0.05, 0.1) is 20.1 Å². The van der Waals surface area contributed by atoms with Crippen LogP contribution >= 0.6 is 0 Å². The summed E-state index contributed by atoms with van der Waals surface area (Å²) >= 11 is 0. The van der Waals surface area contributed by atoms with Gasteiger partial charge in [-0.1, -0.05) is 17.7 Å². The molecule has 1 amide bonds. The molecule has 0 bridgehead atoms. The highest BCUT2D eigenvalue weighted by atomic mass is 19.1. The fraction of sp³-hybridized carbons (Fsp3) is 0.409. The first kappa shape index (κ1) is 20.1. The number of halogens is 1. The van der Waals surface area contributed by atoms with E-state index in [0.29, 0.717) is 30.9 Å². The van der Waals surface area contributed by atoms with Crippen molar-refractivity contribution in [1.29, 1.82) is 0 Å². The molecule has 150 valence electrons. The molecule has 1 aliphatic rings. The molecule has 0 radical (unpaired) electrons. The van der Waals surface area contributed by atoms with Gasteiger partial charge in [0, 0.05) is 12.1 Å². The summed E-state index contributed by atoms with van der Waals surface area (Å²) in [6.45, 7) is 2.84. The molecule has 1 atom stereocenters.